The molecular formula is C25H36N2O3. The van der Waals surface area contributed by atoms with Gasteiger partial charge in [-0.2, -0.15) is 0 Å². The van der Waals surface area contributed by atoms with Crippen LogP contribution in [0.2, 0.25) is 0 Å². The number of hydrogen-bond donors (Lipinski definition) is 0. The minimum absolute atomic E-state index is 0.168. The number of ether oxygens (including phenoxy) is 2. The second-order valence-electron chi connectivity index (χ2n) is 10.3. The van der Waals surface area contributed by atoms with Crippen molar-refractivity contribution in [2.24, 2.45) is 5.41 Å². The minimum Gasteiger partial charge on any atom is -0.495 e. The fraction of sp³-hybridized carbons (Fsp3) is 0.640. The van der Waals surface area contributed by atoms with Crippen molar-refractivity contribution in [2.75, 3.05) is 26.2 Å². The zero-order valence-electron chi connectivity index (χ0n) is 18.7. The standard InChI is InChI=1S/C25H36N2O3/c1-24(2,3)30-23(28)27-18-25(19-27)13-9-21(10-14-25)29-22-11-15-26(16-12-22)17-20-7-5-4-6-8-20/h4-8,11,21H,9-10,12-19H2,1-3H3. The van der Waals surface area contributed by atoms with Gasteiger partial charge in [0.15, 0.2) is 0 Å². The maximum absolute atomic E-state index is 12.2. The Morgan fingerprint density at radius 3 is 2.43 bits per heavy atom. The monoisotopic (exact) mass is 412 g/mol. The Labute approximate surface area is 181 Å². The lowest BCUT2D eigenvalue weighted by Gasteiger charge is -2.53. The summed E-state index contributed by atoms with van der Waals surface area (Å²) in [6.45, 7) is 10.5. The molecule has 2 aliphatic heterocycles. The molecule has 4 rings (SSSR count). The van der Waals surface area contributed by atoms with Crippen LogP contribution in [-0.2, 0) is 16.0 Å². The first-order valence-electron chi connectivity index (χ1n) is 11.4. The van der Waals surface area contributed by atoms with Crippen molar-refractivity contribution < 1.29 is 14.3 Å². The smallest absolute Gasteiger partial charge is 0.410 e. The summed E-state index contributed by atoms with van der Waals surface area (Å²) < 4.78 is 11.9. The maximum Gasteiger partial charge on any atom is 0.410 e. The number of likely N-dealkylation sites (tertiary alicyclic amines) is 1. The molecule has 1 aliphatic carbocycles. The molecule has 0 bridgehead atoms. The molecule has 1 saturated heterocycles. The second-order valence-corrected chi connectivity index (χ2v) is 10.3. The molecule has 30 heavy (non-hydrogen) atoms. The number of benzene rings is 1. The van der Waals surface area contributed by atoms with Gasteiger partial charge in [-0.05, 0) is 58.1 Å². The molecule has 1 amide bonds. The first-order chi connectivity index (χ1) is 14.3. The number of amides is 1. The quantitative estimate of drug-likeness (QED) is 0.700. The van der Waals surface area contributed by atoms with E-state index in [4.69, 9.17) is 9.47 Å². The van der Waals surface area contributed by atoms with E-state index in [-0.39, 0.29) is 6.09 Å². The SMILES string of the molecule is CC(C)(C)OC(=O)N1CC2(CCC(OC3=CCN(Cc4ccccc4)CC3)CC2)C1. The molecule has 2 heterocycles. The molecule has 164 valence electrons. The summed E-state index contributed by atoms with van der Waals surface area (Å²) >= 11 is 0. The van der Waals surface area contributed by atoms with Crippen molar-refractivity contribution in [1.29, 1.82) is 0 Å². The van der Waals surface area contributed by atoms with Crippen LogP contribution in [0.15, 0.2) is 42.2 Å². The fourth-order valence-electron chi connectivity index (χ4n) is 4.86. The van der Waals surface area contributed by atoms with Gasteiger partial charge in [0.1, 0.15) is 5.60 Å². The van der Waals surface area contributed by atoms with Gasteiger partial charge in [-0.25, -0.2) is 4.79 Å². The van der Waals surface area contributed by atoms with Gasteiger partial charge >= 0.3 is 6.09 Å². The summed E-state index contributed by atoms with van der Waals surface area (Å²) in [5.74, 6) is 1.17. The summed E-state index contributed by atoms with van der Waals surface area (Å²) in [7, 11) is 0. The predicted molar refractivity (Wildman–Crippen MR) is 118 cm³/mol. The Hall–Kier alpha value is -2.01. The maximum atomic E-state index is 12.2. The summed E-state index contributed by atoms with van der Waals surface area (Å²) in [6.07, 6.45) is 7.90. The van der Waals surface area contributed by atoms with Gasteiger partial charge in [0.2, 0.25) is 0 Å². The van der Waals surface area contributed by atoms with Gasteiger partial charge in [-0.1, -0.05) is 30.3 Å². The Morgan fingerprint density at radius 2 is 1.83 bits per heavy atom. The highest BCUT2D eigenvalue weighted by Gasteiger charge is 2.48. The summed E-state index contributed by atoms with van der Waals surface area (Å²) in [4.78, 5) is 16.5. The molecule has 5 heteroatoms. The van der Waals surface area contributed by atoms with E-state index in [1.807, 2.05) is 25.7 Å². The van der Waals surface area contributed by atoms with Crippen molar-refractivity contribution in [3.63, 3.8) is 0 Å². The molecule has 0 atom stereocenters. The van der Waals surface area contributed by atoms with Gasteiger partial charge in [0.25, 0.3) is 0 Å². The number of rotatable bonds is 4. The minimum atomic E-state index is -0.421. The van der Waals surface area contributed by atoms with Crippen LogP contribution in [-0.4, -0.2) is 53.8 Å². The van der Waals surface area contributed by atoms with Crippen LogP contribution in [0.4, 0.5) is 4.79 Å². The Morgan fingerprint density at radius 1 is 1.13 bits per heavy atom. The highest BCUT2D eigenvalue weighted by atomic mass is 16.6. The largest absolute Gasteiger partial charge is 0.495 e. The van der Waals surface area contributed by atoms with Crippen LogP contribution in [0.1, 0.15) is 58.4 Å². The van der Waals surface area contributed by atoms with Crippen LogP contribution in [0.25, 0.3) is 0 Å². The lowest BCUT2D eigenvalue weighted by atomic mass is 9.68. The molecule has 2 fully saturated rings. The third-order valence-electron chi connectivity index (χ3n) is 6.52. The molecule has 1 saturated carbocycles. The van der Waals surface area contributed by atoms with E-state index in [1.165, 1.54) is 11.3 Å². The molecule has 3 aliphatic rings. The summed E-state index contributed by atoms with van der Waals surface area (Å²) in [5, 5.41) is 0. The van der Waals surface area contributed by atoms with Crippen LogP contribution in [0, 0.1) is 5.41 Å². The Kier molecular flexibility index (Phi) is 6.10. The van der Waals surface area contributed by atoms with Gasteiger partial charge in [0.05, 0.1) is 11.9 Å². The van der Waals surface area contributed by atoms with E-state index in [9.17, 15) is 4.79 Å². The van der Waals surface area contributed by atoms with Crippen LogP contribution >= 0.6 is 0 Å². The van der Waals surface area contributed by atoms with E-state index in [1.54, 1.807) is 0 Å². The first-order valence-corrected chi connectivity index (χ1v) is 11.4. The topological polar surface area (TPSA) is 42.0 Å². The van der Waals surface area contributed by atoms with Gasteiger partial charge in [-0.3, -0.25) is 4.90 Å². The van der Waals surface area contributed by atoms with Crippen molar-refractivity contribution >= 4 is 6.09 Å². The average Bonchev–Trinajstić information content (AvgIpc) is 2.68. The summed E-state index contributed by atoms with van der Waals surface area (Å²) in [5.41, 5.74) is 1.24. The van der Waals surface area contributed by atoms with Crippen LogP contribution in [0.3, 0.4) is 0 Å². The fourth-order valence-corrected chi connectivity index (χ4v) is 4.86. The lowest BCUT2D eigenvalue weighted by Crippen LogP contribution is -2.60. The second kappa shape index (κ2) is 8.62. The highest BCUT2D eigenvalue weighted by Crippen LogP contribution is 2.45. The molecule has 1 aromatic carbocycles. The van der Waals surface area contributed by atoms with E-state index in [2.05, 4.69) is 41.3 Å². The molecule has 0 unspecified atom stereocenters. The number of nitrogens with zero attached hydrogens (tertiary/aromatic N) is 2. The van der Waals surface area contributed by atoms with Crippen molar-refractivity contribution in [3.05, 3.63) is 47.7 Å². The van der Waals surface area contributed by atoms with Crippen LogP contribution in [0.5, 0.6) is 0 Å². The molecule has 0 N–H and O–H groups in total. The molecule has 0 aromatic heterocycles. The zero-order chi connectivity index (χ0) is 21.2. The molecular weight excluding hydrogens is 376 g/mol. The lowest BCUT2D eigenvalue weighted by molar-refractivity contribution is -0.0683. The summed E-state index contributed by atoms with van der Waals surface area (Å²) in [6, 6.07) is 10.7. The van der Waals surface area contributed by atoms with E-state index in [0.717, 1.165) is 64.8 Å². The number of carbonyl (C=O) groups is 1. The van der Waals surface area contributed by atoms with Gasteiger partial charge in [0, 0.05) is 44.6 Å². The van der Waals surface area contributed by atoms with Crippen molar-refractivity contribution in [2.45, 2.75) is 71.1 Å². The first kappa shape index (κ1) is 21.2. The molecule has 1 aromatic rings. The predicted octanol–water partition coefficient (Wildman–Crippen LogP) is 4.97. The van der Waals surface area contributed by atoms with Gasteiger partial charge < -0.3 is 14.4 Å². The van der Waals surface area contributed by atoms with Crippen LogP contribution < -0.4 is 0 Å². The van der Waals surface area contributed by atoms with E-state index >= 15 is 0 Å². The molecule has 5 nitrogen and oxygen atoms in total. The van der Waals surface area contributed by atoms with E-state index < -0.39 is 5.60 Å². The average molecular weight is 413 g/mol. The normalized spacial score (nSPS) is 22.4. The molecule has 1 spiro atoms. The van der Waals surface area contributed by atoms with Gasteiger partial charge in [-0.15, -0.1) is 0 Å². The number of hydrogen-bond acceptors (Lipinski definition) is 4. The number of carbonyl (C=O) groups excluding carboxylic acids is 1. The van der Waals surface area contributed by atoms with Crippen molar-refractivity contribution in [1.82, 2.24) is 9.80 Å². The van der Waals surface area contributed by atoms with E-state index in [0.29, 0.717) is 11.5 Å². The molecule has 0 radical (unpaired) electrons. The Balaban J connectivity index is 1.18. The van der Waals surface area contributed by atoms with Crippen molar-refractivity contribution in [3.8, 4) is 0 Å². The Bertz CT molecular complexity index is 752. The zero-order valence-corrected chi connectivity index (χ0v) is 18.7. The third-order valence-corrected chi connectivity index (χ3v) is 6.52. The third kappa shape index (κ3) is 5.37. The highest BCUT2D eigenvalue weighted by molar-refractivity contribution is 5.69.